The van der Waals surface area contributed by atoms with E-state index in [1.165, 1.54) is 42.4 Å². The summed E-state index contributed by atoms with van der Waals surface area (Å²) < 4.78 is 0. The van der Waals surface area contributed by atoms with E-state index in [0.29, 0.717) is 12.5 Å². The zero-order valence-electron chi connectivity index (χ0n) is 17.3. The number of carbonyl (C=O) groups is 1. The summed E-state index contributed by atoms with van der Waals surface area (Å²) in [7, 11) is 0. The zero-order chi connectivity index (χ0) is 19.7. The van der Waals surface area contributed by atoms with Gasteiger partial charge in [0.15, 0.2) is 0 Å². The number of hydrogen-bond donors (Lipinski definition) is 2. The van der Waals surface area contributed by atoms with Crippen molar-refractivity contribution in [3.8, 4) is 0 Å². The molecule has 0 aromatic carbocycles. The van der Waals surface area contributed by atoms with E-state index < -0.39 is 5.97 Å². The Hall–Kier alpha value is -1.35. The van der Waals surface area contributed by atoms with Crippen LogP contribution < -0.4 is 0 Å². The van der Waals surface area contributed by atoms with Crippen molar-refractivity contribution in [1.82, 2.24) is 0 Å². The molecule has 25 heavy (non-hydrogen) atoms. The van der Waals surface area contributed by atoms with Crippen molar-refractivity contribution in [3.63, 3.8) is 0 Å². The number of aliphatic hydroxyl groups is 1. The Bertz CT molecular complexity index is 423. The molecule has 0 bridgehead atoms. The molecule has 0 rings (SSSR count). The maximum atomic E-state index is 9.00. The molecule has 2 N–H and O–H groups in total. The molecule has 1 atom stereocenters. The molecule has 0 saturated carbocycles. The van der Waals surface area contributed by atoms with Crippen LogP contribution in [0.2, 0.25) is 0 Å². The monoisotopic (exact) mass is 352 g/mol. The lowest BCUT2D eigenvalue weighted by Crippen LogP contribution is -1.97. The lowest BCUT2D eigenvalue weighted by atomic mass is 10.0. The molecule has 0 aliphatic rings. The van der Waals surface area contributed by atoms with Crippen LogP contribution in [0.5, 0.6) is 0 Å². The highest BCUT2D eigenvalue weighted by atomic mass is 16.4. The van der Waals surface area contributed by atoms with Crippen molar-refractivity contribution in [3.05, 3.63) is 34.9 Å². The fourth-order valence-electron chi connectivity index (χ4n) is 2.32. The molecule has 0 aliphatic heterocycles. The second-order valence-electron chi connectivity index (χ2n) is 7.17. The van der Waals surface area contributed by atoms with Gasteiger partial charge in [0, 0.05) is 13.5 Å². The fourth-order valence-corrected chi connectivity index (χ4v) is 2.32. The maximum Gasteiger partial charge on any atom is 0.300 e. The number of hydrogen-bond acceptors (Lipinski definition) is 2. The van der Waals surface area contributed by atoms with E-state index in [9.17, 15) is 0 Å². The summed E-state index contributed by atoms with van der Waals surface area (Å²) in [6.45, 7) is 12.4. The van der Waals surface area contributed by atoms with Gasteiger partial charge >= 0.3 is 0 Å². The summed E-state index contributed by atoms with van der Waals surface area (Å²) >= 11 is 0. The lowest BCUT2D eigenvalue weighted by molar-refractivity contribution is -0.134. The minimum Gasteiger partial charge on any atom is -0.481 e. The van der Waals surface area contributed by atoms with E-state index in [4.69, 9.17) is 15.0 Å². The van der Waals surface area contributed by atoms with Gasteiger partial charge in [0.1, 0.15) is 0 Å². The molecule has 0 spiro atoms. The smallest absolute Gasteiger partial charge is 0.300 e. The normalized spacial score (nSPS) is 12.9. The van der Waals surface area contributed by atoms with Crippen LogP contribution >= 0.6 is 0 Å². The van der Waals surface area contributed by atoms with Crippen LogP contribution in [0.4, 0.5) is 0 Å². The van der Waals surface area contributed by atoms with Crippen LogP contribution in [0.3, 0.4) is 0 Å². The van der Waals surface area contributed by atoms with Crippen LogP contribution in [0, 0.1) is 5.92 Å². The van der Waals surface area contributed by atoms with Crippen LogP contribution in [0.25, 0.3) is 0 Å². The van der Waals surface area contributed by atoms with Gasteiger partial charge in [-0.1, -0.05) is 41.9 Å². The third kappa shape index (κ3) is 25.0. The van der Waals surface area contributed by atoms with E-state index in [1.807, 2.05) is 0 Å². The number of aliphatic hydroxyl groups excluding tert-OH is 1. The van der Waals surface area contributed by atoms with Gasteiger partial charge in [-0.05, 0) is 78.6 Å². The number of carboxylic acid groups (broad SMARTS) is 1. The Kier molecular flexibility index (Phi) is 18.1. The molecule has 3 nitrogen and oxygen atoms in total. The van der Waals surface area contributed by atoms with Crippen molar-refractivity contribution in [1.29, 1.82) is 0 Å². The van der Waals surface area contributed by atoms with Gasteiger partial charge in [0.25, 0.3) is 5.97 Å². The van der Waals surface area contributed by atoms with Gasteiger partial charge in [0.2, 0.25) is 0 Å². The minimum atomic E-state index is -0.833. The highest BCUT2D eigenvalue weighted by Gasteiger charge is 1.99. The third-order valence-corrected chi connectivity index (χ3v) is 3.90. The molecule has 146 valence electrons. The van der Waals surface area contributed by atoms with Gasteiger partial charge in [-0.2, -0.15) is 0 Å². The topological polar surface area (TPSA) is 57.5 Å². The Morgan fingerprint density at radius 3 is 1.72 bits per heavy atom. The van der Waals surface area contributed by atoms with Gasteiger partial charge < -0.3 is 10.2 Å². The molecule has 0 fully saturated rings. The van der Waals surface area contributed by atoms with Gasteiger partial charge in [-0.25, -0.2) is 0 Å². The first-order valence-corrected chi connectivity index (χ1v) is 9.44. The van der Waals surface area contributed by atoms with Crippen LogP contribution in [-0.4, -0.2) is 22.8 Å². The first kappa shape index (κ1) is 25.9. The lowest BCUT2D eigenvalue weighted by Gasteiger charge is -2.07. The van der Waals surface area contributed by atoms with Crippen molar-refractivity contribution in [2.24, 2.45) is 5.92 Å². The molecular formula is C22H40O3. The van der Waals surface area contributed by atoms with E-state index in [1.54, 1.807) is 0 Å². The average molecular weight is 353 g/mol. The summed E-state index contributed by atoms with van der Waals surface area (Å²) in [6.07, 6.45) is 15.0. The second kappa shape index (κ2) is 17.5. The van der Waals surface area contributed by atoms with E-state index in [-0.39, 0.29) is 0 Å². The molecule has 0 amide bonds. The summed E-state index contributed by atoms with van der Waals surface area (Å²) in [5.41, 5.74) is 4.42. The number of allylic oxidation sites excluding steroid dienone is 6. The predicted molar refractivity (Wildman–Crippen MR) is 109 cm³/mol. The molecule has 1 unspecified atom stereocenters. The Labute approximate surface area is 155 Å². The van der Waals surface area contributed by atoms with E-state index in [0.717, 1.165) is 26.2 Å². The first-order chi connectivity index (χ1) is 11.7. The predicted octanol–water partition coefficient (Wildman–Crippen LogP) is 6.30. The Morgan fingerprint density at radius 2 is 1.28 bits per heavy atom. The number of carboxylic acids is 1. The molecule has 0 radical (unpaired) electrons. The quantitative estimate of drug-likeness (QED) is 0.429. The first-order valence-electron chi connectivity index (χ1n) is 9.44. The molecule has 0 aromatic heterocycles. The summed E-state index contributed by atoms with van der Waals surface area (Å²) in [5.74, 6) is -0.198. The van der Waals surface area contributed by atoms with E-state index >= 15 is 0 Å². The highest BCUT2D eigenvalue weighted by Crippen LogP contribution is 2.14. The molecular weight excluding hydrogens is 312 g/mol. The third-order valence-electron chi connectivity index (χ3n) is 3.90. The number of rotatable bonds is 11. The Morgan fingerprint density at radius 1 is 0.840 bits per heavy atom. The standard InChI is InChI=1S/C20H36O.C2H4O2/c1-17(2)9-6-10-18(3)11-7-12-19(4)13-8-14-20(5)15-16-21;1-2(3)4/h9,11,13,20-21H,6-8,10,12,14-16H2,1-5H3;1H3,(H,3,4). The average Bonchev–Trinajstić information content (AvgIpc) is 2.46. The molecule has 0 heterocycles. The molecule has 0 saturated heterocycles. The summed E-state index contributed by atoms with van der Waals surface area (Å²) in [4.78, 5) is 9.00. The molecule has 0 aromatic rings. The summed E-state index contributed by atoms with van der Waals surface area (Å²) in [6, 6.07) is 0. The number of aliphatic carboxylic acids is 1. The van der Waals surface area contributed by atoms with Crippen LogP contribution in [0.1, 0.15) is 86.5 Å². The van der Waals surface area contributed by atoms with Crippen molar-refractivity contribution in [2.45, 2.75) is 86.5 Å². The van der Waals surface area contributed by atoms with Crippen LogP contribution in [-0.2, 0) is 4.79 Å². The van der Waals surface area contributed by atoms with Crippen LogP contribution in [0.15, 0.2) is 34.9 Å². The fraction of sp³-hybridized carbons (Fsp3) is 0.682. The minimum absolute atomic E-state index is 0.320. The molecule has 0 aliphatic carbocycles. The summed E-state index contributed by atoms with van der Waals surface area (Å²) in [5, 5.41) is 16.3. The van der Waals surface area contributed by atoms with Gasteiger partial charge in [0.05, 0.1) is 0 Å². The van der Waals surface area contributed by atoms with Gasteiger partial charge in [-0.15, -0.1) is 0 Å². The maximum absolute atomic E-state index is 9.00. The zero-order valence-corrected chi connectivity index (χ0v) is 17.3. The molecule has 3 heteroatoms. The SMILES string of the molecule is CC(=O)O.CC(C)=CCCC(C)=CCCC(C)=CCCC(C)CCO. The second-order valence-corrected chi connectivity index (χ2v) is 7.17. The Balaban J connectivity index is 0. The van der Waals surface area contributed by atoms with E-state index in [2.05, 4.69) is 52.8 Å². The highest BCUT2D eigenvalue weighted by molar-refractivity contribution is 5.62. The van der Waals surface area contributed by atoms with Crippen molar-refractivity contribution < 1.29 is 15.0 Å². The van der Waals surface area contributed by atoms with Crippen molar-refractivity contribution >= 4 is 5.97 Å². The van der Waals surface area contributed by atoms with Gasteiger partial charge in [-0.3, -0.25) is 4.79 Å². The largest absolute Gasteiger partial charge is 0.481 e. The van der Waals surface area contributed by atoms with Crippen molar-refractivity contribution in [2.75, 3.05) is 6.61 Å².